The summed E-state index contributed by atoms with van der Waals surface area (Å²) in [4.78, 5) is 0.155. The smallest absolute Gasteiger partial charge is 0.248 e. The van der Waals surface area contributed by atoms with Gasteiger partial charge < -0.3 is 14.2 Å². The Morgan fingerprint density at radius 1 is 1.10 bits per heavy atom. The highest BCUT2D eigenvalue weighted by Gasteiger charge is 2.38. The summed E-state index contributed by atoms with van der Waals surface area (Å²) in [5, 5.41) is -0.316. The summed E-state index contributed by atoms with van der Waals surface area (Å²) in [7, 11) is -2.16. The van der Waals surface area contributed by atoms with Crippen molar-refractivity contribution in [2.75, 3.05) is 32.6 Å². The summed E-state index contributed by atoms with van der Waals surface area (Å²) < 4.78 is 45.8. The lowest BCUT2D eigenvalue weighted by Gasteiger charge is -2.25. The largest absolute Gasteiger partial charge is 0.496 e. The van der Waals surface area contributed by atoms with Crippen molar-refractivity contribution < 1.29 is 22.6 Å². The summed E-state index contributed by atoms with van der Waals surface area (Å²) in [5.41, 5.74) is 0.896. The van der Waals surface area contributed by atoms with Crippen LogP contribution >= 0.6 is 27.7 Å². The maximum Gasteiger partial charge on any atom is 0.248 e. The van der Waals surface area contributed by atoms with Gasteiger partial charge in [0.1, 0.15) is 22.1 Å². The van der Waals surface area contributed by atoms with Gasteiger partial charge in [-0.2, -0.15) is 4.31 Å². The predicted molar refractivity (Wildman–Crippen MR) is 119 cm³/mol. The summed E-state index contributed by atoms with van der Waals surface area (Å²) >= 11 is 5.09. The first kappa shape index (κ1) is 22.3. The first-order valence-electron chi connectivity index (χ1n) is 9.28. The highest BCUT2D eigenvalue weighted by molar-refractivity contribution is 9.10. The molecule has 6 nitrogen and oxygen atoms in total. The second-order valence-corrected chi connectivity index (χ2v) is 10.1. The zero-order valence-electron chi connectivity index (χ0n) is 16.6. The lowest BCUT2D eigenvalue weighted by molar-refractivity contribution is 0.315. The summed E-state index contributed by atoms with van der Waals surface area (Å²) in [6.45, 7) is 4.99. The van der Waals surface area contributed by atoms with Crippen molar-refractivity contribution in [2.45, 2.75) is 24.1 Å². The maximum atomic E-state index is 13.5. The fourth-order valence-corrected chi connectivity index (χ4v) is 7.05. The number of hydrogen-bond acceptors (Lipinski definition) is 6. The number of rotatable bonds is 8. The van der Waals surface area contributed by atoms with Crippen LogP contribution in [0.3, 0.4) is 0 Å². The van der Waals surface area contributed by atoms with Crippen LogP contribution < -0.4 is 14.2 Å². The van der Waals surface area contributed by atoms with E-state index in [1.54, 1.807) is 37.1 Å². The van der Waals surface area contributed by atoms with Crippen molar-refractivity contribution in [1.29, 1.82) is 0 Å². The van der Waals surface area contributed by atoms with Gasteiger partial charge in [-0.3, -0.25) is 0 Å². The molecule has 0 aliphatic carbocycles. The van der Waals surface area contributed by atoms with Gasteiger partial charge >= 0.3 is 0 Å². The SMILES string of the molecule is CCOc1ccc(S(=O)(=O)N2CCSC2c2ccc(OC)c(Br)c2)c(OCC)c1. The summed E-state index contributed by atoms with van der Waals surface area (Å²) in [6, 6.07) is 10.5. The molecule has 3 rings (SSSR count). The Hall–Kier alpha value is -1.42. The van der Waals surface area contributed by atoms with Crippen LogP contribution in [0.25, 0.3) is 0 Å². The van der Waals surface area contributed by atoms with E-state index in [1.807, 2.05) is 32.0 Å². The third-order valence-electron chi connectivity index (χ3n) is 4.42. The van der Waals surface area contributed by atoms with Gasteiger partial charge in [0.15, 0.2) is 0 Å². The van der Waals surface area contributed by atoms with Crippen molar-refractivity contribution in [3.05, 3.63) is 46.4 Å². The molecule has 29 heavy (non-hydrogen) atoms. The van der Waals surface area contributed by atoms with Crippen LogP contribution in [-0.4, -0.2) is 45.3 Å². The molecule has 1 fully saturated rings. The molecule has 0 radical (unpaired) electrons. The maximum absolute atomic E-state index is 13.5. The molecule has 1 unspecified atom stereocenters. The molecule has 158 valence electrons. The number of nitrogens with zero attached hydrogens (tertiary/aromatic N) is 1. The Balaban J connectivity index is 1.98. The predicted octanol–water partition coefficient (Wildman–Crippen LogP) is 4.69. The third kappa shape index (κ3) is 4.68. The van der Waals surface area contributed by atoms with E-state index in [9.17, 15) is 8.42 Å². The lowest BCUT2D eigenvalue weighted by Crippen LogP contribution is -2.31. The molecular weight excluding hydrogens is 478 g/mol. The summed E-state index contributed by atoms with van der Waals surface area (Å²) in [6.07, 6.45) is 0. The molecule has 9 heteroatoms. The number of benzene rings is 2. The van der Waals surface area contributed by atoms with E-state index >= 15 is 0 Å². The zero-order valence-corrected chi connectivity index (χ0v) is 19.8. The first-order valence-corrected chi connectivity index (χ1v) is 12.6. The number of hydrogen-bond donors (Lipinski definition) is 0. The molecular formula is C20H24BrNO5S2. The molecule has 0 spiro atoms. The highest BCUT2D eigenvalue weighted by Crippen LogP contribution is 2.44. The Morgan fingerprint density at radius 2 is 1.86 bits per heavy atom. The van der Waals surface area contributed by atoms with Gasteiger partial charge in [-0.1, -0.05) is 6.07 Å². The topological polar surface area (TPSA) is 65.1 Å². The Kier molecular flexibility index (Phi) is 7.37. The Bertz CT molecular complexity index is 967. The third-order valence-corrected chi connectivity index (χ3v) is 8.34. The van der Waals surface area contributed by atoms with E-state index < -0.39 is 10.0 Å². The summed E-state index contributed by atoms with van der Waals surface area (Å²) in [5.74, 6) is 2.32. The Morgan fingerprint density at radius 3 is 2.52 bits per heavy atom. The van der Waals surface area contributed by atoms with Crippen molar-refractivity contribution in [3.63, 3.8) is 0 Å². The highest BCUT2D eigenvalue weighted by atomic mass is 79.9. The molecule has 1 atom stereocenters. The molecule has 0 amide bonds. The molecule has 0 N–H and O–H groups in total. The molecule has 2 aromatic rings. The fourth-order valence-electron chi connectivity index (χ4n) is 3.15. The molecule has 0 aromatic heterocycles. The molecule has 2 aromatic carbocycles. The van der Waals surface area contributed by atoms with Crippen molar-refractivity contribution in [2.24, 2.45) is 0 Å². The number of methoxy groups -OCH3 is 1. The van der Waals surface area contributed by atoms with Crippen LogP contribution in [0.1, 0.15) is 24.8 Å². The van der Waals surface area contributed by atoms with Crippen LogP contribution in [0.15, 0.2) is 45.8 Å². The van der Waals surface area contributed by atoms with Gasteiger partial charge in [0, 0.05) is 18.4 Å². The quantitative estimate of drug-likeness (QED) is 0.522. The van der Waals surface area contributed by atoms with Crippen LogP contribution in [0, 0.1) is 0 Å². The van der Waals surface area contributed by atoms with Crippen LogP contribution in [0.4, 0.5) is 0 Å². The van der Waals surface area contributed by atoms with E-state index in [1.165, 1.54) is 4.31 Å². The van der Waals surface area contributed by atoms with Gasteiger partial charge in [0.25, 0.3) is 0 Å². The number of thioether (sulfide) groups is 1. The van der Waals surface area contributed by atoms with E-state index in [4.69, 9.17) is 14.2 Å². The van der Waals surface area contributed by atoms with Gasteiger partial charge in [0.2, 0.25) is 10.0 Å². The van der Waals surface area contributed by atoms with E-state index in [2.05, 4.69) is 15.9 Å². The second-order valence-electron chi connectivity index (χ2n) is 6.21. The molecule has 0 saturated carbocycles. The fraction of sp³-hybridized carbons (Fsp3) is 0.400. The van der Waals surface area contributed by atoms with Crippen molar-refractivity contribution in [3.8, 4) is 17.2 Å². The van der Waals surface area contributed by atoms with Crippen LogP contribution in [0.2, 0.25) is 0 Å². The molecule has 1 aliphatic rings. The minimum Gasteiger partial charge on any atom is -0.496 e. The average Bonchev–Trinajstić information content (AvgIpc) is 3.19. The minimum atomic E-state index is -3.76. The number of ether oxygens (including phenoxy) is 3. The van der Waals surface area contributed by atoms with E-state index in [-0.39, 0.29) is 10.3 Å². The normalized spacial score (nSPS) is 17.3. The van der Waals surface area contributed by atoms with Crippen molar-refractivity contribution in [1.82, 2.24) is 4.31 Å². The molecule has 0 bridgehead atoms. The average molecular weight is 502 g/mol. The standard InChI is InChI=1S/C20H24BrNO5S2/c1-4-26-15-7-9-19(18(13-15)27-5-2)29(23,24)22-10-11-28-20(22)14-6-8-17(25-3)16(21)12-14/h6-9,12-13,20H,4-5,10-11H2,1-3H3. The van der Waals surface area contributed by atoms with Crippen LogP contribution in [-0.2, 0) is 10.0 Å². The van der Waals surface area contributed by atoms with E-state index in [0.717, 1.165) is 10.0 Å². The number of sulfonamides is 1. The van der Waals surface area contributed by atoms with Gasteiger partial charge in [0.05, 0.1) is 30.2 Å². The number of halogens is 1. The molecule has 1 aliphatic heterocycles. The molecule has 1 saturated heterocycles. The van der Waals surface area contributed by atoms with Crippen molar-refractivity contribution >= 4 is 37.7 Å². The molecule has 1 heterocycles. The zero-order chi connectivity index (χ0) is 21.0. The Labute approximate surface area is 184 Å². The van der Waals surface area contributed by atoms with Gasteiger partial charge in [-0.15, -0.1) is 11.8 Å². The monoisotopic (exact) mass is 501 g/mol. The van der Waals surface area contributed by atoms with Gasteiger partial charge in [-0.25, -0.2) is 8.42 Å². The van der Waals surface area contributed by atoms with Gasteiger partial charge in [-0.05, 0) is 59.6 Å². The minimum absolute atomic E-state index is 0.155. The first-order chi connectivity index (χ1) is 13.9. The van der Waals surface area contributed by atoms with E-state index in [0.29, 0.717) is 42.8 Å². The lowest BCUT2D eigenvalue weighted by atomic mass is 10.2. The van der Waals surface area contributed by atoms with Crippen LogP contribution in [0.5, 0.6) is 17.2 Å². The second kappa shape index (κ2) is 9.59.